The molecule has 4 N–H and O–H groups in total. The van der Waals surface area contributed by atoms with Crippen molar-refractivity contribution in [3.8, 4) is 0 Å². The quantitative estimate of drug-likeness (QED) is 0.407. The molecule has 0 bridgehead atoms. The fraction of sp³-hybridized carbons (Fsp3) is 1.00. The summed E-state index contributed by atoms with van der Waals surface area (Å²) >= 11 is 4.18. The lowest BCUT2D eigenvalue weighted by Gasteiger charge is -2.13. The van der Waals surface area contributed by atoms with Crippen molar-refractivity contribution in [3.63, 3.8) is 0 Å². The zero-order valence-electron chi connectivity index (χ0n) is 6.29. The second-order valence-corrected chi connectivity index (χ2v) is 5.27. The Kier molecular flexibility index (Phi) is 8.35. The van der Waals surface area contributed by atoms with Crippen molar-refractivity contribution < 1.29 is 0 Å². The van der Waals surface area contributed by atoms with Crippen molar-refractivity contribution in [3.05, 3.63) is 0 Å². The van der Waals surface area contributed by atoms with Crippen LogP contribution in [0, 0.1) is 0 Å². The zero-order chi connectivity index (χ0) is 7.82. The van der Waals surface area contributed by atoms with Gasteiger partial charge < -0.3 is 11.5 Å². The third-order valence-corrected chi connectivity index (χ3v) is 4.52. The van der Waals surface area contributed by atoms with Crippen LogP contribution in [0.3, 0.4) is 0 Å². The molecule has 0 aromatic rings. The van der Waals surface area contributed by atoms with E-state index in [0.717, 1.165) is 31.2 Å². The van der Waals surface area contributed by atoms with Crippen LogP contribution in [0.5, 0.6) is 0 Å². The van der Waals surface area contributed by atoms with Gasteiger partial charge in [0.1, 0.15) is 0 Å². The fourth-order valence-corrected chi connectivity index (χ4v) is 3.37. The van der Waals surface area contributed by atoms with Crippen LogP contribution >= 0.6 is 20.6 Å². The first-order chi connectivity index (χ1) is 4.85. The highest BCUT2D eigenvalue weighted by molar-refractivity contribution is 7.80. The van der Waals surface area contributed by atoms with Gasteiger partial charge in [-0.2, -0.15) is 12.6 Å². The summed E-state index contributed by atoms with van der Waals surface area (Å²) in [7, 11) is 0.113. The maximum absolute atomic E-state index is 5.44. The molecule has 0 amide bonds. The number of thiol groups is 1. The molecule has 0 aliphatic heterocycles. The van der Waals surface area contributed by atoms with Crippen molar-refractivity contribution in [1.29, 1.82) is 0 Å². The summed E-state index contributed by atoms with van der Waals surface area (Å²) in [5.41, 5.74) is 10.9. The van der Waals surface area contributed by atoms with E-state index in [4.69, 9.17) is 11.5 Å². The molecule has 0 saturated carbocycles. The molecule has 10 heavy (non-hydrogen) atoms. The minimum Gasteiger partial charge on any atom is -0.330 e. The molecule has 0 saturated heterocycles. The Labute approximate surface area is 69.9 Å². The van der Waals surface area contributed by atoms with Gasteiger partial charge in [-0.25, -0.2) is 0 Å². The van der Waals surface area contributed by atoms with Crippen LogP contribution in [0.1, 0.15) is 0 Å². The largest absolute Gasteiger partial charge is 0.330 e. The molecule has 0 aromatic carbocycles. The van der Waals surface area contributed by atoms with E-state index >= 15 is 0 Å². The standard InChI is InChI=1S/C6H17N2PS/c7-1-3-9(4-2-8)5-6-10/h10H,1-8H2. The van der Waals surface area contributed by atoms with E-state index in [1.54, 1.807) is 0 Å². The molecule has 0 aromatic heterocycles. The predicted molar refractivity (Wildman–Crippen MR) is 53.5 cm³/mol. The van der Waals surface area contributed by atoms with Gasteiger partial charge in [0.15, 0.2) is 0 Å². The molecule has 0 atom stereocenters. The first-order valence-corrected chi connectivity index (χ1v) is 6.11. The van der Waals surface area contributed by atoms with Gasteiger partial charge in [0.05, 0.1) is 0 Å². The summed E-state index contributed by atoms with van der Waals surface area (Å²) in [6, 6.07) is 0. The summed E-state index contributed by atoms with van der Waals surface area (Å²) in [4.78, 5) is 0. The van der Waals surface area contributed by atoms with Crippen LogP contribution in [0.4, 0.5) is 0 Å². The van der Waals surface area contributed by atoms with Crippen molar-refractivity contribution in [2.75, 3.05) is 37.3 Å². The molecule has 0 radical (unpaired) electrons. The Balaban J connectivity index is 3.30. The molecule has 0 rings (SSSR count). The van der Waals surface area contributed by atoms with E-state index < -0.39 is 0 Å². The van der Waals surface area contributed by atoms with Crippen molar-refractivity contribution in [1.82, 2.24) is 0 Å². The third kappa shape index (κ3) is 5.48. The van der Waals surface area contributed by atoms with Crippen molar-refractivity contribution in [2.45, 2.75) is 0 Å². The molecular weight excluding hydrogens is 163 g/mol. The lowest BCUT2D eigenvalue weighted by molar-refractivity contribution is 1.09. The Morgan fingerprint density at radius 2 is 1.50 bits per heavy atom. The van der Waals surface area contributed by atoms with E-state index in [1.807, 2.05) is 0 Å². The summed E-state index contributed by atoms with van der Waals surface area (Å²) in [5.74, 6) is 0.978. The van der Waals surface area contributed by atoms with Crippen LogP contribution in [0.25, 0.3) is 0 Å². The second-order valence-electron chi connectivity index (χ2n) is 2.14. The number of hydrogen-bond acceptors (Lipinski definition) is 3. The average molecular weight is 180 g/mol. The minimum atomic E-state index is 0.113. The van der Waals surface area contributed by atoms with E-state index in [9.17, 15) is 0 Å². The highest BCUT2D eigenvalue weighted by Gasteiger charge is 2.03. The molecule has 0 fully saturated rings. The Bertz CT molecular complexity index is 58.5. The van der Waals surface area contributed by atoms with Gasteiger partial charge >= 0.3 is 0 Å². The van der Waals surface area contributed by atoms with Crippen LogP contribution < -0.4 is 11.5 Å². The number of rotatable bonds is 6. The van der Waals surface area contributed by atoms with Gasteiger partial charge in [-0.1, -0.05) is 0 Å². The van der Waals surface area contributed by atoms with Crippen LogP contribution in [0.2, 0.25) is 0 Å². The van der Waals surface area contributed by atoms with Gasteiger partial charge in [0.2, 0.25) is 0 Å². The van der Waals surface area contributed by atoms with Gasteiger partial charge in [0, 0.05) is 0 Å². The summed E-state index contributed by atoms with van der Waals surface area (Å²) in [6.07, 6.45) is 3.53. The van der Waals surface area contributed by atoms with E-state index in [0.29, 0.717) is 0 Å². The van der Waals surface area contributed by atoms with Crippen LogP contribution in [-0.4, -0.2) is 37.3 Å². The SMILES string of the molecule is NCCP(CCN)CCS. The topological polar surface area (TPSA) is 52.0 Å². The first-order valence-electron chi connectivity index (χ1n) is 3.58. The lowest BCUT2D eigenvalue weighted by atomic mass is 10.8. The number of hydrogen-bond donors (Lipinski definition) is 3. The summed E-state index contributed by atoms with van der Waals surface area (Å²) in [6.45, 7) is 1.61. The molecule has 0 aliphatic rings. The number of nitrogens with two attached hydrogens (primary N) is 2. The molecule has 2 nitrogen and oxygen atoms in total. The highest BCUT2D eigenvalue weighted by atomic mass is 32.1. The predicted octanol–water partition coefficient (Wildman–Crippen LogP) is 0.316. The summed E-state index contributed by atoms with van der Waals surface area (Å²) in [5, 5.41) is 0. The molecule has 0 unspecified atom stereocenters. The van der Waals surface area contributed by atoms with Crippen molar-refractivity contribution >= 4 is 20.6 Å². The van der Waals surface area contributed by atoms with Crippen LogP contribution in [0.15, 0.2) is 0 Å². The van der Waals surface area contributed by atoms with Gasteiger partial charge in [-0.15, -0.1) is 7.92 Å². The highest BCUT2D eigenvalue weighted by Crippen LogP contribution is 2.33. The maximum atomic E-state index is 5.44. The zero-order valence-corrected chi connectivity index (χ0v) is 8.08. The van der Waals surface area contributed by atoms with E-state index in [1.165, 1.54) is 6.16 Å². The minimum absolute atomic E-state index is 0.113. The normalized spacial score (nSPS) is 10.8. The summed E-state index contributed by atoms with van der Waals surface area (Å²) < 4.78 is 0. The van der Waals surface area contributed by atoms with Gasteiger partial charge in [-0.05, 0) is 37.3 Å². The second kappa shape index (κ2) is 7.80. The molecule has 0 heterocycles. The van der Waals surface area contributed by atoms with Crippen LogP contribution in [-0.2, 0) is 0 Å². The first kappa shape index (κ1) is 10.7. The van der Waals surface area contributed by atoms with E-state index in [2.05, 4.69) is 12.6 Å². The molecule has 4 heteroatoms. The molecule has 0 spiro atoms. The van der Waals surface area contributed by atoms with Crippen molar-refractivity contribution in [2.24, 2.45) is 11.5 Å². The molecule has 0 aliphatic carbocycles. The van der Waals surface area contributed by atoms with E-state index in [-0.39, 0.29) is 7.92 Å². The Morgan fingerprint density at radius 3 is 1.80 bits per heavy atom. The maximum Gasteiger partial charge on any atom is -0.00378 e. The monoisotopic (exact) mass is 180 g/mol. The average Bonchev–Trinajstić information content (AvgIpc) is 1.90. The molecule has 62 valence electrons. The van der Waals surface area contributed by atoms with Gasteiger partial charge in [-0.3, -0.25) is 0 Å². The smallest absolute Gasteiger partial charge is 0.00378 e. The third-order valence-electron chi connectivity index (χ3n) is 1.31. The lowest BCUT2D eigenvalue weighted by Crippen LogP contribution is -2.12. The van der Waals surface area contributed by atoms with Gasteiger partial charge in [0.25, 0.3) is 0 Å². The fourth-order valence-electron chi connectivity index (χ4n) is 0.842. The molecular formula is C6H17N2PS. The Morgan fingerprint density at radius 1 is 1.00 bits per heavy atom. The Hall–Kier alpha value is 0.700.